The van der Waals surface area contributed by atoms with Crippen molar-refractivity contribution in [3.05, 3.63) is 158 Å². The molecule has 0 unspecified atom stereocenters. The van der Waals surface area contributed by atoms with Crippen LogP contribution in [0.25, 0.3) is 88.4 Å². The van der Waals surface area contributed by atoms with Crippen LogP contribution >= 0.6 is 0 Å². The van der Waals surface area contributed by atoms with Gasteiger partial charge in [-0.3, -0.25) is 4.98 Å². The summed E-state index contributed by atoms with van der Waals surface area (Å²) in [6.45, 7) is 0. The molecule has 0 N–H and O–H groups in total. The Labute approximate surface area is 260 Å². The predicted molar refractivity (Wildman–Crippen MR) is 186 cm³/mol. The Hall–Kier alpha value is -6.06. The third-order valence-corrected chi connectivity index (χ3v) is 8.75. The predicted octanol–water partition coefficient (Wildman–Crippen LogP) is 11.4. The Balaban J connectivity index is 1.13. The van der Waals surface area contributed by atoms with E-state index in [2.05, 4.69) is 151 Å². The number of pyridine rings is 2. The molecule has 3 aromatic heterocycles. The third-order valence-electron chi connectivity index (χ3n) is 8.75. The number of nitrogens with zero attached hydrogens (tertiary/aromatic N) is 2. The van der Waals surface area contributed by atoms with Crippen LogP contribution in [0.3, 0.4) is 0 Å². The number of hydrogen-bond acceptors (Lipinski definition) is 3. The summed E-state index contributed by atoms with van der Waals surface area (Å²) in [4.78, 5) is 9.81. The molecule has 3 heteroatoms. The lowest BCUT2D eigenvalue weighted by Gasteiger charge is -2.13. The van der Waals surface area contributed by atoms with E-state index in [0.717, 1.165) is 66.7 Å². The first-order chi connectivity index (χ1) is 22.3. The zero-order valence-electron chi connectivity index (χ0n) is 24.3. The second kappa shape index (κ2) is 10.3. The van der Waals surface area contributed by atoms with Crippen molar-refractivity contribution in [3.63, 3.8) is 0 Å². The molecule has 0 radical (unpaired) electrons. The fraction of sp³-hybridized carbons (Fsp3) is 0. The van der Waals surface area contributed by atoms with Crippen LogP contribution in [0.2, 0.25) is 0 Å². The highest BCUT2D eigenvalue weighted by atomic mass is 16.3. The van der Waals surface area contributed by atoms with Gasteiger partial charge < -0.3 is 4.42 Å². The second-order valence-electron chi connectivity index (χ2n) is 11.4. The minimum Gasteiger partial charge on any atom is -0.456 e. The van der Waals surface area contributed by atoms with Crippen molar-refractivity contribution >= 4 is 43.4 Å². The van der Waals surface area contributed by atoms with Crippen molar-refractivity contribution in [2.45, 2.75) is 0 Å². The van der Waals surface area contributed by atoms with Gasteiger partial charge in [0.25, 0.3) is 0 Å². The summed E-state index contributed by atoms with van der Waals surface area (Å²) >= 11 is 0. The highest BCUT2D eigenvalue weighted by Gasteiger charge is 2.14. The van der Waals surface area contributed by atoms with Gasteiger partial charge in [-0.2, -0.15) is 0 Å². The van der Waals surface area contributed by atoms with Crippen molar-refractivity contribution in [2.75, 3.05) is 0 Å². The first-order valence-electron chi connectivity index (χ1n) is 15.2. The van der Waals surface area contributed by atoms with E-state index in [9.17, 15) is 0 Å². The van der Waals surface area contributed by atoms with E-state index >= 15 is 0 Å². The van der Waals surface area contributed by atoms with Gasteiger partial charge in [-0.15, -0.1) is 0 Å². The summed E-state index contributed by atoms with van der Waals surface area (Å²) in [5, 5.41) is 6.91. The van der Waals surface area contributed by atoms with E-state index in [1.165, 1.54) is 21.7 Å². The molecular formula is C42H26N2O. The van der Waals surface area contributed by atoms with E-state index < -0.39 is 0 Å². The van der Waals surface area contributed by atoms with Gasteiger partial charge >= 0.3 is 0 Å². The molecule has 9 aromatic rings. The zero-order chi connectivity index (χ0) is 29.7. The Kier molecular flexibility index (Phi) is 5.82. The number of furan rings is 1. The van der Waals surface area contributed by atoms with Crippen molar-refractivity contribution in [2.24, 2.45) is 0 Å². The van der Waals surface area contributed by atoms with Crippen LogP contribution < -0.4 is 0 Å². The van der Waals surface area contributed by atoms with E-state index in [1.807, 2.05) is 12.3 Å². The molecule has 0 bridgehead atoms. The van der Waals surface area contributed by atoms with Gasteiger partial charge in [0.1, 0.15) is 11.5 Å². The van der Waals surface area contributed by atoms with Gasteiger partial charge in [0, 0.05) is 33.7 Å². The summed E-state index contributed by atoms with van der Waals surface area (Å²) in [7, 11) is 0. The van der Waals surface area contributed by atoms with Crippen molar-refractivity contribution in [1.82, 2.24) is 9.97 Å². The van der Waals surface area contributed by atoms with E-state index in [4.69, 9.17) is 9.40 Å². The van der Waals surface area contributed by atoms with Crippen molar-refractivity contribution in [3.8, 4) is 45.0 Å². The third kappa shape index (κ3) is 4.29. The fourth-order valence-corrected chi connectivity index (χ4v) is 6.57. The number of aromatic nitrogens is 2. The molecule has 9 rings (SSSR count). The van der Waals surface area contributed by atoms with Crippen LogP contribution in [-0.2, 0) is 0 Å². The molecule has 6 aromatic carbocycles. The molecule has 0 atom stereocenters. The highest BCUT2D eigenvalue weighted by Crippen LogP contribution is 2.38. The molecule has 0 amide bonds. The topological polar surface area (TPSA) is 38.9 Å². The minimum atomic E-state index is 0.849. The lowest BCUT2D eigenvalue weighted by Crippen LogP contribution is -1.91. The van der Waals surface area contributed by atoms with Gasteiger partial charge in [0.2, 0.25) is 0 Å². The van der Waals surface area contributed by atoms with Crippen molar-refractivity contribution < 1.29 is 4.42 Å². The number of rotatable bonds is 4. The molecule has 0 fully saturated rings. The maximum Gasteiger partial charge on any atom is 0.135 e. The number of hydrogen-bond donors (Lipinski definition) is 0. The summed E-state index contributed by atoms with van der Waals surface area (Å²) in [5.41, 5.74) is 8.35. The van der Waals surface area contributed by atoms with Crippen LogP contribution in [0.1, 0.15) is 0 Å². The first kappa shape index (κ1) is 25.4. The highest BCUT2D eigenvalue weighted by molar-refractivity contribution is 6.07. The molecule has 0 spiro atoms. The second-order valence-corrected chi connectivity index (χ2v) is 11.4. The lowest BCUT2D eigenvalue weighted by molar-refractivity contribution is 0.598. The average Bonchev–Trinajstić information content (AvgIpc) is 3.61. The fourth-order valence-electron chi connectivity index (χ4n) is 6.57. The van der Waals surface area contributed by atoms with Crippen LogP contribution in [0.5, 0.6) is 0 Å². The maximum atomic E-state index is 6.47. The zero-order valence-corrected chi connectivity index (χ0v) is 24.3. The standard InChI is InChI=1S/C42H26N2O/c1-2-13-32-27(8-1)9-6-16-37(32)40-24-23-39(45-40)31-11-5-10-30(26-31)33-20-21-36(35-15-4-3-14-34(33)35)38-22-19-29-18-17-28-12-7-25-43-41(28)42(29)44-38/h1-26H. The monoisotopic (exact) mass is 574 g/mol. The Morgan fingerprint density at radius 3 is 1.98 bits per heavy atom. The maximum absolute atomic E-state index is 6.47. The van der Waals surface area contributed by atoms with Crippen LogP contribution in [-0.4, -0.2) is 9.97 Å². The lowest BCUT2D eigenvalue weighted by atomic mass is 9.92. The quantitative estimate of drug-likeness (QED) is 0.196. The molecular weight excluding hydrogens is 548 g/mol. The van der Waals surface area contributed by atoms with Gasteiger partial charge in [-0.05, 0) is 63.0 Å². The Morgan fingerprint density at radius 1 is 0.400 bits per heavy atom. The molecule has 3 heterocycles. The largest absolute Gasteiger partial charge is 0.456 e. The average molecular weight is 575 g/mol. The van der Waals surface area contributed by atoms with Crippen LogP contribution in [0, 0.1) is 0 Å². The smallest absolute Gasteiger partial charge is 0.135 e. The molecule has 0 saturated carbocycles. The Bertz CT molecular complexity index is 2560. The van der Waals surface area contributed by atoms with Gasteiger partial charge in [0.05, 0.1) is 16.7 Å². The van der Waals surface area contributed by atoms with Gasteiger partial charge in [-0.25, -0.2) is 4.98 Å². The molecule has 0 aliphatic rings. The molecule has 3 nitrogen and oxygen atoms in total. The van der Waals surface area contributed by atoms with Crippen LogP contribution in [0.4, 0.5) is 0 Å². The molecule has 210 valence electrons. The normalized spacial score (nSPS) is 11.6. The van der Waals surface area contributed by atoms with Crippen molar-refractivity contribution in [1.29, 1.82) is 0 Å². The summed E-state index contributed by atoms with van der Waals surface area (Å²) in [6, 6.07) is 53.1. The molecule has 45 heavy (non-hydrogen) atoms. The number of fused-ring (bicyclic) bond motifs is 5. The van der Waals surface area contributed by atoms with Gasteiger partial charge in [0.15, 0.2) is 0 Å². The van der Waals surface area contributed by atoms with E-state index in [1.54, 1.807) is 0 Å². The SMILES string of the molecule is c1cc(-c2ccc(-c3cccc4ccccc34)o2)cc(-c2ccc(-c3ccc4ccc5cccnc5c4n3)c3ccccc23)c1. The Morgan fingerprint density at radius 2 is 1.07 bits per heavy atom. The summed E-state index contributed by atoms with van der Waals surface area (Å²) in [6.07, 6.45) is 1.83. The van der Waals surface area contributed by atoms with Gasteiger partial charge in [-0.1, -0.05) is 121 Å². The molecule has 0 saturated heterocycles. The molecule has 0 aliphatic heterocycles. The first-order valence-corrected chi connectivity index (χ1v) is 15.2. The minimum absolute atomic E-state index is 0.849. The number of benzene rings is 6. The summed E-state index contributed by atoms with van der Waals surface area (Å²) in [5.74, 6) is 1.72. The summed E-state index contributed by atoms with van der Waals surface area (Å²) < 4.78 is 6.47. The van der Waals surface area contributed by atoms with E-state index in [0.29, 0.717) is 0 Å². The molecule has 0 aliphatic carbocycles. The van der Waals surface area contributed by atoms with Crippen LogP contribution in [0.15, 0.2) is 162 Å². The van der Waals surface area contributed by atoms with E-state index in [-0.39, 0.29) is 0 Å².